The van der Waals surface area contributed by atoms with Crippen LogP contribution >= 0.6 is 0 Å². The van der Waals surface area contributed by atoms with E-state index in [-0.39, 0.29) is 28.3 Å². The first-order chi connectivity index (χ1) is 10.3. The quantitative estimate of drug-likeness (QED) is 0.837. The minimum absolute atomic E-state index is 0.0334. The Kier molecular flexibility index (Phi) is 4.31. The molecule has 2 rings (SSSR count). The molecule has 120 valence electrons. The molecule has 0 bridgehead atoms. The van der Waals surface area contributed by atoms with Gasteiger partial charge in [-0.1, -0.05) is 5.16 Å². The summed E-state index contributed by atoms with van der Waals surface area (Å²) in [5.41, 5.74) is -0.848. The zero-order valence-electron chi connectivity index (χ0n) is 11.2. The van der Waals surface area contributed by atoms with E-state index in [4.69, 9.17) is 5.11 Å². The molecule has 0 fully saturated rings. The molecule has 0 saturated carbocycles. The molecule has 1 N–H and O–H groups in total. The highest BCUT2D eigenvalue weighted by Crippen LogP contribution is 2.36. The van der Waals surface area contributed by atoms with Crippen molar-refractivity contribution in [3.05, 3.63) is 23.3 Å². The van der Waals surface area contributed by atoms with E-state index in [1.54, 1.807) is 0 Å². The molecule has 1 aromatic carbocycles. The third kappa shape index (κ3) is 2.86. The molecule has 7 nitrogen and oxygen atoms in total. The monoisotopic (exact) mass is 335 g/mol. The number of rotatable bonds is 4. The van der Waals surface area contributed by atoms with Crippen molar-refractivity contribution in [1.82, 2.24) is 0 Å². The van der Waals surface area contributed by atoms with E-state index in [0.29, 0.717) is 0 Å². The summed E-state index contributed by atoms with van der Waals surface area (Å²) in [5.74, 6) is -2.56. The van der Waals surface area contributed by atoms with Gasteiger partial charge in [0.05, 0.1) is 21.9 Å². The van der Waals surface area contributed by atoms with Gasteiger partial charge >= 0.3 is 12.6 Å². The zero-order valence-corrected chi connectivity index (χ0v) is 12.1. The van der Waals surface area contributed by atoms with Crippen molar-refractivity contribution in [3.63, 3.8) is 0 Å². The molecule has 0 radical (unpaired) electrons. The fraction of sp³-hybridized carbons (Fsp3) is 0.333. The van der Waals surface area contributed by atoms with Crippen molar-refractivity contribution < 1.29 is 36.7 Å². The van der Waals surface area contributed by atoms with E-state index in [2.05, 4.69) is 14.7 Å². The first kappa shape index (κ1) is 16.1. The third-order valence-corrected chi connectivity index (χ3v) is 4.74. The average Bonchev–Trinajstić information content (AvgIpc) is 2.41. The van der Waals surface area contributed by atoms with Gasteiger partial charge in [-0.2, -0.15) is 8.78 Å². The van der Waals surface area contributed by atoms with Crippen LogP contribution in [-0.4, -0.2) is 44.7 Å². The fourth-order valence-corrected chi connectivity index (χ4v) is 3.62. The molecule has 0 saturated heterocycles. The van der Waals surface area contributed by atoms with Crippen LogP contribution in [0.2, 0.25) is 0 Å². The number of nitrogens with zero attached hydrogens (tertiary/aromatic N) is 1. The SMILES string of the molecule is CON=C1CCS(=O)(=O)c2ccc(C(=O)O)c(OC(F)F)c21. The van der Waals surface area contributed by atoms with Crippen molar-refractivity contribution in [2.75, 3.05) is 12.9 Å². The highest BCUT2D eigenvalue weighted by molar-refractivity contribution is 7.91. The lowest BCUT2D eigenvalue weighted by Gasteiger charge is -2.22. The Morgan fingerprint density at radius 2 is 2.09 bits per heavy atom. The van der Waals surface area contributed by atoms with E-state index >= 15 is 0 Å². The molecule has 1 aromatic rings. The molecule has 1 heterocycles. The topological polar surface area (TPSA) is 102 Å². The van der Waals surface area contributed by atoms with Gasteiger partial charge in [-0.3, -0.25) is 0 Å². The smallest absolute Gasteiger partial charge is 0.387 e. The number of sulfone groups is 1. The van der Waals surface area contributed by atoms with Crippen molar-refractivity contribution in [2.24, 2.45) is 5.16 Å². The van der Waals surface area contributed by atoms with Gasteiger partial charge in [0.1, 0.15) is 12.7 Å². The van der Waals surface area contributed by atoms with E-state index in [9.17, 15) is 22.0 Å². The van der Waals surface area contributed by atoms with Crippen LogP contribution in [0.15, 0.2) is 22.2 Å². The van der Waals surface area contributed by atoms with Gasteiger partial charge in [0, 0.05) is 6.42 Å². The van der Waals surface area contributed by atoms with Crippen LogP contribution < -0.4 is 4.74 Å². The maximum absolute atomic E-state index is 12.6. The lowest BCUT2D eigenvalue weighted by Crippen LogP contribution is -2.25. The third-order valence-electron chi connectivity index (χ3n) is 2.99. The minimum atomic E-state index is -3.75. The number of hydrogen-bond acceptors (Lipinski definition) is 6. The number of carboxylic acid groups (broad SMARTS) is 1. The van der Waals surface area contributed by atoms with E-state index in [0.717, 1.165) is 12.1 Å². The van der Waals surface area contributed by atoms with Crippen LogP contribution in [0.1, 0.15) is 22.3 Å². The summed E-state index contributed by atoms with van der Waals surface area (Å²) in [6, 6.07) is 1.95. The van der Waals surface area contributed by atoms with E-state index in [1.807, 2.05) is 0 Å². The standard InChI is InChI=1S/C12H11F2NO6S/c1-20-15-7-4-5-22(18,19)8-3-2-6(11(16)17)10(9(7)8)21-12(13)14/h2-3,12H,4-5H2,1H3,(H,16,17). The van der Waals surface area contributed by atoms with Crippen LogP contribution in [0.4, 0.5) is 8.78 Å². The molecule has 0 aromatic heterocycles. The summed E-state index contributed by atoms with van der Waals surface area (Å²) in [5, 5.41) is 12.7. The number of carboxylic acids is 1. The van der Waals surface area contributed by atoms with Gasteiger partial charge in [-0.15, -0.1) is 0 Å². The second kappa shape index (κ2) is 5.87. The van der Waals surface area contributed by atoms with Crippen LogP contribution in [-0.2, 0) is 14.7 Å². The summed E-state index contributed by atoms with van der Waals surface area (Å²) >= 11 is 0. The number of benzene rings is 1. The van der Waals surface area contributed by atoms with Gasteiger partial charge in [-0.25, -0.2) is 13.2 Å². The summed E-state index contributed by atoms with van der Waals surface area (Å²) < 4.78 is 53.6. The predicted octanol–water partition coefficient (Wildman–Crippen LogP) is 1.51. The van der Waals surface area contributed by atoms with Crippen molar-refractivity contribution in [2.45, 2.75) is 17.9 Å². The zero-order chi connectivity index (χ0) is 16.5. The molecule has 0 atom stereocenters. The van der Waals surface area contributed by atoms with Gasteiger partial charge in [0.15, 0.2) is 15.6 Å². The van der Waals surface area contributed by atoms with Gasteiger partial charge in [0.2, 0.25) is 0 Å². The van der Waals surface area contributed by atoms with E-state index in [1.165, 1.54) is 7.11 Å². The Labute approximate surface area is 124 Å². The molecule has 10 heteroatoms. The normalized spacial score (nSPS) is 18.1. The molecule has 1 aliphatic heterocycles. The van der Waals surface area contributed by atoms with Crippen LogP contribution in [0.5, 0.6) is 5.75 Å². The Morgan fingerprint density at radius 3 is 2.64 bits per heavy atom. The number of alkyl halides is 2. The number of halogens is 2. The largest absolute Gasteiger partial charge is 0.478 e. The molecular weight excluding hydrogens is 324 g/mol. The first-order valence-corrected chi connectivity index (χ1v) is 7.61. The minimum Gasteiger partial charge on any atom is -0.478 e. The second-order valence-corrected chi connectivity index (χ2v) is 6.37. The van der Waals surface area contributed by atoms with Crippen molar-refractivity contribution in [1.29, 1.82) is 0 Å². The summed E-state index contributed by atoms with van der Waals surface area (Å²) in [6.07, 6.45) is -0.105. The fourth-order valence-electron chi connectivity index (χ4n) is 2.14. The molecule has 0 spiro atoms. The van der Waals surface area contributed by atoms with E-state index < -0.39 is 33.7 Å². The first-order valence-electron chi connectivity index (χ1n) is 5.96. The number of ether oxygens (including phenoxy) is 1. The maximum Gasteiger partial charge on any atom is 0.387 e. The molecular formula is C12H11F2NO6S. The Bertz CT molecular complexity index is 744. The van der Waals surface area contributed by atoms with Crippen LogP contribution in [0.25, 0.3) is 0 Å². The van der Waals surface area contributed by atoms with Gasteiger partial charge in [-0.05, 0) is 12.1 Å². The number of oxime groups is 1. The average molecular weight is 335 g/mol. The Balaban J connectivity index is 2.83. The summed E-state index contributed by atoms with van der Waals surface area (Å²) in [4.78, 5) is 15.4. The molecule has 1 aliphatic rings. The predicted molar refractivity (Wildman–Crippen MR) is 70.2 cm³/mol. The highest BCUT2D eigenvalue weighted by atomic mass is 32.2. The number of carbonyl (C=O) groups is 1. The van der Waals surface area contributed by atoms with Crippen molar-refractivity contribution in [3.8, 4) is 5.75 Å². The molecule has 0 unspecified atom stereocenters. The summed E-state index contributed by atoms with van der Waals surface area (Å²) in [6.45, 7) is -3.32. The maximum atomic E-state index is 12.6. The van der Waals surface area contributed by atoms with Gasteiger partial charge in [0.25, 0.3) is 0 Å². The number of fused-ring (bicyclic) bond motifs is 1. The van der Waals surface area contributed by atoms with Crippen LogP contribution in [0, 0.1) is 0 Å². The summed E-state index contributed by atoms with van der Waals surface area (Å²) in [7, 11) is -2.55. The molecule has 22 heavy (non-hydrogen) atoms. The lowest BCUT2D eigenvalue weighted by atomic mass is 10.0. The molecule has 0 amide bonds. The lowest BCUT2D eigenvalue weighted by molar-refractivity contribution is -0.0506. The van der Waals surface area contributed by atoms with Crippen molar-refractivity contribution >= 4 is 21.5 Å². The second-order valence-electron chi connectivity index (χ2n) is 4.29. The number of hydrogen-bond donors (Lipinski definition) is 1. The Morgan fingerprint density at radius 1 is 1.41 bits per heavy atom. The van der Waals surface area contributed by atoms with Crippen LogP contribution in [0.3, 0.4) is 0 Å². The number of aromatic carboxylic acids is 1. The molecule has 0 aliphatic carbocycles. The Hall–Kier alpha value is -2.23. The highest BCUT2D eigenvalue weighted by Gasteiger charge is 2.34. The van der Waals surface area contributed by atoms with Gasteiger partial charge < -0.3 is 14.7 Å².